The quantitative estimate of drug-likeness (QED) is 0.840. The minimum atomic E-state index is -1.44. The number of hydrogen-bond donors (Lipinski definition) is 1. The Labute approximate surface area is 119 Å². The van der Waals surface area contributed by atoms with Gasteiger partial charge in [-0.05, 0) is 32.9 Å². The van der Waals surface area contributed by atoms with E-state index >= 15 is 0 Å². The molecule has 1 heterocycles. The van der Waals surface area contributed by atoms with E-state index in [1.165, 1.54) is 6.07 Å². The van der Waals surface area contributed by atoms with E-state index in [1.54, 1.807) is 32.9 Å². The fourth-order valence-electron chi connectivity index (χ4n) is 1.24. The van der Waals surface area contributed by atoms with Crippen LogP contribution in [0.4, 0.5) is 15.4 Å². The highest BCUT2D eigenvalue weighted by Gasteiger charge is 2.29. The number of ether oxygens (including phenoxy) is 1. The number of imide groups is 1. The summed E-state index contributed by atoms with van der Waals surface area (Å²) < 4.78 is 5.04. The SMILES string of the molecule is CC(C)(C)OC(=O)N(C(=O)O)c1cccc(CBr)n1. The predicted molar refractivity (Wildman–Crippen MR) is 73.6 cm³/mol. The second-order valence-electron chi connectivity index (χ2n) is 4.72. The molecule has 0 aromatic carbocycles. The number of pyridine rings is 1. The largest absolute Gasteiger partial charge is 0.464 e. The van der Waals surface area contributed by atoms with Gasteiger partial charge < -0.3 is 9.84 Å². The molecule has 1 aromatic heterocycles. The standard InChI is InChI=1S/C12H15BrN2O4/c1-12(2,3)19-11(18)15(10(16)17)9-6-4-5-8(7-13)14-9/h4-6H,7H2,1-3H3,(H,16,17). The van der Waals surface area contributed by atoms with Crippen molar-refractivity contribution in [2.75, 3.05) is 4.90 Å². The van der Waals surface area contributed by atoms with Gasteiger partial charge in [-0.15, -0.1) is 0 Å². The van der Waals surface area contributed by atoms with Gasteiger partial charge in [0.05, 0.1) is 5.69 Å². The first kappa shape index (κ1) is 15.4. The summed E-state index contributed by atoms with van der Waals surface area (Å²) in [5.74, 6) is 0.0127. The van der Waals surface area contributed by atoms with Crippen LogP contribution in [-0.4, -0.2) is 27.9 Å². The molecule has 19 heavy (non-hydrogen) atoms. The molecule has 0 atom stereocenters. The molecule has 0 aliphatic rings. The summed E-state index contributed by atoms with van der Waals surface area (Å²) in [6, 6.07) is 4.77. The van der Waals surface area contributed by atoms with Crippen molar-refractivity contribution in [2.45, 2.75) is 31.7 Å². The summed E-state index contributed by atoms with van der Waals surface area (Å²) in [4.78, 5) is 27.6. The molecular formula is C12H15BrN2O4. The molecule has 0 radical (unpaired) electrons. The van der Waals surface area contributed by atoms with Crippen LogP contribution in [0.3, 0.4) is 0 Å². The van der Waals surface area contributed by atoms with Gasteiger partial charge in [-0.2, -0.15) is 4.90 Å². The molecule has 0 aliphatic heterocycles. The number of aromatic nitrogens is 1. The summed E-state index contributed by atoms with van der Waals surface area (Å²) in [6.45, 7) is 4.98. The number of halogens is 1. The molecule has 1 rings (SSSR count). The zero-order valence-corrected chi connectivity index (χ0v) is 12.5. The van der Waals surface area contributed by atoms with Gasteiger partial charge in [0, 0.05) is 5.33 Å². The Morgan fingerprint density at radius 3 is 2.53 bits per heavy atom. The van der Waals surface area contributed by atoms with E-state index in [0.717, 1.165) is 0 Å². The van der Waals surface area contributed by atoms with Crippen molar-refractivity contribution < 1.29 is 19.4 Å². The van der Waals surface area contributed by atoms with Crippen LogP contribution >= 0.6 is 15.9 Å². The zero-order valence-electron chi connectivity index (χ0n) is 10.9. The van der Waals surface area contributed by atoms with Crippen LogP contribution in [0.2, 0.25) is 0 Å². The maximum atomic E-state index is 11.9. The highest BCUT2D eigenvalue weighted by molar-refractivity contribution is 9.08. The summed E-state index contributed by atoms with van der Waals surface area (Å²) in [5, 5.41) is 9.59. The maximum absolute atomic E-state index is 11.9. The Balaban J connectivity index is 3.07. The average Bonchev–Trinajstić information content (AvgIpc) is 2.26. The van der Waals surface area contributed by atoms with E-state index in [1.807, 2.05) is 0 Å². The molecule has 7 heteroatoms. The number of carbonyl (C=O) groups is 2. The monoisotopic (exact) mass is 330 g/mol. The summed E-state index contributed by atoms with van der Waals surface area (Å²) >= 11 is 3.22. The number of nitrogens with zero attached hydrogens (tertiary/aromatic N) is 2. The van der Waals surface area contributed by atoms with Crippen LogP contribution in [-0.2, 0) is 10.1 Å². The molecule has 0 fully saturated rings. The van der Waals surface area contributed by atoms with Gasteiger partial charge in [0.1, 0.15) is 11.4 Å². The van der Waals surface area contributed by atoms with Crippen molar-refractivity contribution in [3.05, 3.63) is 23.9 Å². The molecule has 0 saturated heterocycles. The predicted octanol–water partition coefficient (Wildman–Crippen LogP) is 3.40. The molecule has 1 N–H and O–H groups in total. The molecule has 0 spiro atoms. The topological polar surface area (TPSA) is 79.7 Å². The lowest BCUT2D eigenvalue weighted by atomic mass is 10.2. The number of hydrogen-bond acceptors (Lipinski definition) is 4. The van der Waals surface area contributed by atoms with Crippen LogP contribution in [0, 0.1) is 0 Å². The van der Waals surface area contributed by atoms with Crippen LogP contribution < -0.4 is 4.90 Å². The van der Waals surface area contributed by atoms with Crippen molar-refractivity contribution in [2.24, 2.45) is 0 Å². The number of anilines is 1. The average molecular weight is 331 g/mol. The summed E-state index contributed by atoms with van der Waals surface area (Å²) in [5.41, 5.74) is -0.162. The highest BCUT2D eigenvalue weighted by Crippen LogP contribution is 2.17. The molecule has 0 unspecified atom stereocenters. The van der Waals surface area contributed by atoms with Gasteiger partial charge in [-0.3, -0.25) is 0 Å². The molecule has 0 aliphatic carbocycles. The first-order valence-corrected chi connectivity index (χ1v) is 6.64. The number of carboxylic acid groups (broad SMARTS) is 1. The number of carbonyl (C=O) groups excluding carboxylic acids is 1. The highest BCUT2D eigenvalue weighted by atomic mass is 79.9. The van der Waals surface area contributed by atoms with Crippen molar-refractivity contribution in [1.29, 1.82) is 0 Å². The first-order chi connectivity index (χ1) is 8.74. The normalized spacial score (nSPS) is 10.9. The molecule has 2 amide bonds. The lowest BCUT2D eigenvalue weighted by Gasteiger charge is -2.23. The first-order valence-electron chi connectivity index (χ1n) is 5.52. The van der Waals surface area contributed by atoms with E-state index in [0.29, 0.717) is 15.9 Å². The van der Waals surface area contributed by atoms with E-state index in [4.69, 9.17) is 9.84 Å². The number of rotatable bonds is 2. The van der Waals surface area contributed by atoms with Gasteiger partial charge in [-0.1, -0.05) is 22.0 Å². The van der Waals surface area contributed by atoms with Crippen molar-refractivity contribution in [3.63, 3.8) is 0 Å². The van der Waals surface area contributed by atoms with E-state index in [2.05, 4.69) is 20.9 Å². The van der Waals surface area contributed by atoms with E-state index < -0.39 is 17.8 Å². The third-order valence-corrected chi connectivity index (χ3v) is 2.50. The number of amides is 2. The van der Waals surface area contributed by atoms with Crippen LogP contribution in [0.25, 0.3) is 0 Å². The van der Waals surface area contributed by atoms with Gasteiger partial charge in [0.25, 0.3) is 0 Å². The van der Waals surface area contributed by atoms with E-state index in [-0.39, 0.29) is 5.82 Å². The molecular weight excluding hydrogens is 316 g/mol. The summed E-state index contributed by atoms with van der Waals surface area (Å²) in [7, 11) is 0. The van der Waals surface area contributed by atoms with Crippen molar-refractivity contribution in [3.8, 4) is 0 Å². The Bertz CT molecular complexity index is 485. The van der Waals surface area contributed by atoms with Gasteiger partial charge in [0.15, 0.2) is 0 Å². The third-order valence-electron chi connectivity index (χ3n) is 1.93. The Kier molecular flexibility index (Phi) is 4.88. The Morgan fingerprint density at radius 2 is 2.05 bits per heavy atom. The van der Waals surface area contributed by atoms with Gasteiger partial charge in [0.2, 0.25) is 0 Å². The molecule has 1 aromatic rings. The second-order valence-corrected chi connectivity index (χ2v) is 5.28. The van der Waals surface area contributed by atoms with E-state index in [9.17, 15) is 9.59 Å². The Morgan fingerprint density at radius 1 is 1.42 bits per heavy atom. The maximum Gasteiger partial charge on any atom is 0.425 e. The fourth-order valence-corrected chi connectivity index (χ4v) is 1.56. The van der Waals surface area contributed by atoms with Crippen molar-refractivity contribution in [1.82, 2.24) is 4.98 Å². The Hall–Kier alpha value is -1.63. The molecule has 104 valence electrons. The fraction of sp³-hybridized carbons (Fsp3) is 0.417. The lowest BCUT2D eigenvalue weighted by Crippen LogP contribution is -2.40. The van der Waals surface area contributed by atoms with Crippen molar-refractivity contribution >= 4 is 33.9 Å². The second kappa shape index (κ2) is 6.01. The lowest BCUT2D eigenvalue weighted by molar-refractivity contribution is 0.0581. The van der Waals surface area contributed by atoms with Gasteiger partial charge in [-0.25, -0.2) is 14.6 Å². The van der Waals surface area contributed by atoms with Crippen LogP contribution in [0.1, 0.15) is 26.5 Å². The smallest absolute Gasteiger partial charge is 0.425 e. The zero-order chi connectivity index (χ0) is 14.6. The van der Waals surface area contributed by atoms with Gasteiger partial charge >= 0.3 is 12.2 Å². The molecule has 0 saturated carbocycles. The molecule has 6 nitrogen and oxygen atoms in total. The minimum Gasteiger partial charge on any atom is -0.464 e. The summed E-state index contributed by atoms with van der Waals surface area (Å²) in [6.07, 6.45) is -2.41. The minimum absolute atomic E-state index is 0.0127. The third kappa shape index (κ3) is 4.51. The van der Waals surface area contributed by atoms with Crippen LogP contribution in [0.5, 0.6) is 0 Å². The van der Waals surface area contributed by atoms with Crippen LogP contribution in [0.15, 0.2) is 18.2 Å². The number of alkyl halides is 1. The molecule has 0 bridgehead atoms.